The van der Waals surface area contributed by atoms with E-state index < -0.39 is 21.4 Å². The lowest BCUT2D eigenvalue weighted by Crippen LogP contribution is -2.38. The van der Waals surface area contributed by atoms with E-state index in [1.165, 1.54) is 12.1 Å². The molecule has 0 aliphatic carbocycles. The van der Waals surface area contributed by atoms with Gasteiger partial charge in [-0.15, -0.1) is 0 Å². The van der Waals surface area contributed by atoms with Crippen LogP contribution in [0.15, 0.2) is 24.3 Å². The number of halogens is 6. The quantitative estimate of drug-likeness (QED) is 0.390. The maximum absolute atomic E-state index is 13.4. The van der Waals surface area contributed by atoms with Crippen LogP contribution in [0.1, 0.15) is 34.6 Å². The topological polar surface area (TPSA) is 66.9 Å². The summed E-state index contributed by atoms with van der Waals surface area (Å²) in [6.45, 7) is 0. The molecular weight excluding hydrogens is 536 g/mol. The predicted octanol–water partition coefficient (Wildman–Crippen LogP) is 5.98. The van der Waals surface area contributed by atoms with Gasteiger partial charge in [-0.3, -0.25) is 4.79 Å². The molecule has 3 heterocycles. The average Bonchev–Trinajstić information content (AvgIpc) is 2.94. The van der Waals surface area contributed by atoms with E-state index in [2.05, 4.69) is 20.0 Å². The van der Waals surface area contributed by atoms with E-state index >= 15 is 0 Å². The fourth-order valence-corrected chi connectivity index (χ4v) is 7.29. The van der Waals surface area contributed by atoms with Crippen molar-refractivity contribution in [2.75, 3.05) is 5.32 Å². The lowest BCUT2D eigenvalue weighted by atomic mass is 10.1. The molecule has 13 heteroatoms. The first kappa shape index (κ1) is 24.5. The van der Waals surface area contributed by atoms with E-state index in [1.807, 2.05) is 0 Å². The average molecular weight is 554 g/mol. The Morgan fingerprint density at radius 1 is 1.15 bits per heavy atom. The van der Waals surface area contributed by atoms with Crippen molar-refractivity contribution < 1.29 is 18.0 Å². The molecule has 2 N–H and O–H groups in total. The molecule has 0 radical (unpaired) electrons. The molecule has 1 aliphatic heterocycles. The molecule has 1 saturated heterocycles. The lowest BCUT2D eigenvalue weighted by molar-refractivity contribution is -0.140. The van der Waals surface area contributed by atoms with Gasteiger partial charge in [-0.25, -0.2) is 4.98 Å². The fourth-order valence-electron chi connectivity index (χ4n) is 3.92. The highest BCUT2D eigenvalue weighted by Gasteiger charge is 2.34. The predicted molar refractivity (Wildman–Crippen MR) is 130 cm³/mol. The van der Waals surface area contributed by atoms with Crippen molar-refractivity contribution in [3.8, 4) is 0 Å². The number of carbonyl (C=O) groups excluding carboxylic acids is 1. The molecule has 4 rings (SSSR count). The minimum absolute atomic E-state index is 0.0356. The van der Waals surface area contributed by atoms with Crippen LogP contribution in [0.5, 0.6) is 0 Å². The van der Waals surface area contributed by atoms with Gasteiger partial charge in [0.1, 0.15) is 15.6 Å². The fraction of sp³-hybridized carbons (Fsp3) is 0.350. The number of aromatic nitrogens is 2. The zero-order chi connectivity index (χ0) is 23.8. The van der Waals surface area contributed by atoms with Crippen molar-refractivity contribution in [1.29, 1.82) is 0 Å². The van der Waals surface area contributed by atoms with Gasteiger partial charge >= 0.3 is 6.18 Å². The Balaban J connectivity index is 1.48. The van der Waals surface area contributed by atoms with Crippen LogP contribution in [0.2, 0.25) is 21.2 Å². The summed E-state index contributed by atoms with van der Waals surface area (Å²) in [4.78, 5) is 16.6. The van der Waals surface area contributed by atoms with Gasteiger partial charge < -0.3 is 10.6 Å². The number of hydrogen-bond donors (Lipinski definition) is 2. The third-order valence-electron chi connectivity index (χ3n) is 5.53. The summed E-state index contributed by atoms with van der Waals surface area (Å²) >= 11 is 18.9. The lowest BCUT2D eigenvalue weighted by Gasteiger charge is -2.21. The monoisotopic (exact) mass is 552 g/mol. The van der Waals surface area contributed by atoms with Crippen molar-refractivity contribution in [2.45, 2.75) is 43.2 Å². The van der Waals surface area contributed by atoms with Crippen LogP contribution in [0, 0.1) is 0 Å². The van der Waals surface area contributed by atoms with Crippen LogP contribution >= 0.6 is 46.3 Å². The highest BCUT2D eigenvalue weighted by molar-refractivity contribution is 7.09. The molecule has 2 atom stereocenters. The molecule has 1 amide bonds. The Hall–Kier alpha value is -1.59. The molecule has 0 bridgehead atoms. The second kappa shape index (κ2) is 9.95. The summed E-state index contributed by atoms with van der Waals surface area (Å²) in [5, 5.41) is 7.53. The number of pyridine rings is 1. The van der Waals surface area contributed by atoms with Gasteiger partial charge in [-0.2, -0.15) is 17.5 Å². The normalized spacial score (nSPS) is 20.1. The molecule has 176 valence electrons. The first-order valence-corrected chi connectivity index (χ1v) is 13.9. The molecule has 33 heavy (non-hydrogen) atoms. The second-order valence-corrected chi connectivity index (χ2v) is 12.1. The number of amides is 1. The molecule has 1 fully saturated rings. The number of nitrogens with one attached hydrogen (secondary N) is 2. The first-order valence-electron chi connectivity index (χ1n) is 10.2. The number of nitrogens with zero attached hydrogens (tertiary/aromatic N) is 2. The number of hydrogen-bond acceptors (Lipinski definition) is 5. The van der Waals surface area contributed by atoms with E-state index in [0.29, 0.717) is 22.5 Å². The number of carbonyl (C=O) groups is 1. The molecule has 0 spiro atoms. The second-order valence-electron chi connectivity index (χ2n) is 7.85. The van der Waals surface area contributed by atoms with Gasteiger partial charge in [0.05, 0.1) is 5.52 Å². The van der Waals surface area contributed by atoms with Crippen molar-refractivity contribution >= 4 is 78.4 Å². The highest BCUT2D eigenvalue weighted by Crippen LogP contribution is 2.35. The van der Waals surface area contributed by atoms with E-state index in [9.17, 15) is 18.0 Å². The van der Waals surface area contributed by atoms with Gasteiger partial charge in [-0.1, -0.05) is 40.8 Å². The third kappa shape index (κ3) is 5.74. The molecule has 0 unspecified atom stereocenters. The van der Waals surface area contributed by atoms with Gasteiger partial charge in [0.2, 0.25) is 0 Å². The van der Waals surface area contributed by atoms with Gasteiger partial charge in [-0.05, 0) is 55.1 Å². The van der Waals surface area contributed by atoms with Crippen LogP contribution in [-0.2, 0) is 6.18 Å². The van der Waals surface area contributed by atoms with Crippen LogP contribution in [0.3, 0.4) is 0 Å². The standard InChI is InChI=1S/C20H18Cl3F3N4OSSi/c21-9-1-3-12-11(7-9)13(8-14(28-12)20(24,25)26)27-10-2-4-15(33-6-5-10)29-19(31)17-16(22)18(23)30-32-17/h1,3,7-8,10,15H,2,4-6,33H2,(H,27,28)(H,29,31)/t10-,15-/m1/s1. The van der Waals surface area contributed by atoms with Gasteiger partial charge in [0, 0.05) is 37.3 Å². The van der Waals surface area contributed by atoms with E-state index in [1.54, 1.807) is 6.07 Å². The van der Waals surface area contributed by atoms with E-state index in [0.717, 1.165) is 36.5 Å². The van der Waals surface area contributed by atoms with E-state index in [-0.39, 0.29) is 38.2 Å². The molecule has 2 aromatic heterocycles. The molecule has 1 aliphatic rings. The zero-order valence-electron chi connectivity index (χ0n) is 17.0. The first-order chi connectivity index (χ1) is 15.6. The smallest absolute Gasteiger partial charge is 0.382 e. The van der Waals surface area contributed by atoms with Crippen molar-refractivity contribution in [3.05, 3.63) is 50.0 Å². The van der Waals surface area contributed by atoms with Gasteiger partial charge in [0.15, 0.2) is 5.15 Å². The number of alkyl halides is 3. The van der Waals surface area contributed by atoms with E-state index in [4.69, 9.17) is 34.8 Å². The van der Waals surface area contributed by atoms with Crippen molar-refractivity contribution in [1.82, 2.24) is 14.7 Å². The molecule has 0 saturated carbocycles. The Kier molecular flexibility index (Phi) is 7.40. The summed E-state index contributed by atoms with van der Waals surface area (Å²) < 4.78 is 44.1. The maximum Gasteiger partial charge on any atom is 0.433 e. The maximum atomic E-state index is 13.4. The summed E-state index contributed by atoms with van der Waals surface area (Å²) in [5.41, 5.74) is -0.316. The Bertz CT molecular complexity index is 1190. The van der Waals surface area contributed by atoms with Crippen LogP contribution in [0.25, 0.3) is 10.9 Å². The summed E-state index contributed by atoms with van der Waals surface area (Å²) in [6.07, 6.45) is -2.34. The van der Waals surface area contributed by atoms with Crippen LogP contribution in [-0.4, -0.2) is 36.5 Å². The SMILES string of the molecule is O=C(N[C@H]1CC[C@@H](Nc2cc(C(F)(F)F)nc3ccc(Cl)cc23)CC[SiH2]1)c1snc(Cl)c1Cl. The van der Waals surface area contributed by atoms with Crippen LogP contribution in [0.4, 0.5) is 18.9 Å². The summed E-state index contributed by atoms with van der Waals surface area (Å²) in [7, 11) is -0.641. The number of anilines is 1. The minimum atomic E-state index is -4.56. The number of fused-ring (bicyclic) bond motifs is 1. The molecular formula is C20H18Cl3F3N4OSSi. The zero-order valence-corrected chi connectivity index (χ0v) is 21.5. The number of benzene rings is 1. The Morgan fingerprint density at radius 3 is 2.64 bits per heavy atom. The van der Waals surface area contributed by atoms with Crippen molar-refractivity contribution in [3.63, 3.8) is 0 Å². The Morgan fingerprint density at radius 2 is 1.94 bits per heavy atom. The van der Waals surface area contributed by atoms with Crippen LogP contribution < -0.4 is 10.6 Å². The Labute approximate surface area is 209 Å². The summed E-state index contributed by atoms with van der Waals surface area (Å²) in [5.74, 6) is -0.294. The molecule has 5 nitrogen and oxygen atoms in total. The third-order valence-corrected chi connectivity index (χ3v) is 9.69. The largest absolute Gasteiger partial charge is 0.433 e. The van der Waals surface area contributed by atoms with Gasteiger partial charge in [0.25, 0.3) is 5.91 Å². The summed E-state index contributed by atoms with van der Waals surface area (Å²) in [6, 6.07) is 6.55. The minimum Gasteiger partial charge on any atom is -0.382 e. The molecule has 3 aromatic rings. The highest BCUT2D eigenvalue weighted by atomic mass is 35.5. The molecule has 1 aromatic carbocycles. The number of rotatable bonds is 4. The van der Waals surface area contributed by atoms with Crippen molar-refractivity contribution in [2.24, 2.45) is 0 Å².